The smallest absolute Gasteiger partial charge is 0.127 e. The van der Waals surface area contributed by atoms with Crippen molar-refractivity contribution in [3.05, 3.63) is 42.5 Å². The summed E-state index contributed by atoms with van der Waals surface area (Å²) in [6.07, 6.45) is 0.597. The number of nitriles is 1. The molecule has 3 nitrogen and oxygen atoms in total. The summed E-state index contributed by atoms with van der Waals surface area (Å²) in [5.41, 5.74) is -0.557. The van der Waals surface area contributed by atoms with Crippen LogP contribution in [0.5, 0.6) is 5.75 Å². The van der Waals surface area contributed by atoms with Crippen LogP contribution < -0.4 is 10.1 Å². The van der Waals surface area contributed by atoms with Crippen LogP contribution in [0.3, 0.4) is 0 Å². The number of nitrogens with zero attached hydrogens (tertiary/aromatic N) is 1. The van der Waals surface area contributed by atoms with Gasteiger partial charge in [0.05, 0.1) is 12.2 Å². The number of hydrogen-bond donors (Lipinski definition) is 1. The highest BCUT2D eigenvalue weighted by Gasteiger charge is 2.26. The van der Waals surface area contributed by atoms with Gasteiger partial charge in [-0.1, -0.05) is 43.3 Å². The third-order valence-corrected chi connectivity index (χ3v) is 3.59. The van der Waals surface area contributed by atoms with E-state index in [0.29, 0.717) is 6.42 Å². The predicted octanol–water partition coefficient (Wildman–Crippen LogP) is 3.89. The lowest BCUT2D eigenvalue weighted by molar-refractivity contribution is 0.182. The summed E-state index contributed by atoms with van der Waals surface area (Å²) in [5, 5.41) is 14.8. The number of fused-ring (bicyclic) bond motifs is 1. The van der Waals surface area contributed by atoms with Gasteiger partial charge in [-0.15, -0.1) is 0 Å². The van der Waals surface area contributed by atoms with E-state index < -0.39 is 5.54 Å². The van der Waals surface area contributed by atoms with E-state index in [-0.39, 0.29) is 6.10 Å². The molecule has 0 fully saturated rings. The molecule has 0 amide bonds. The van der Waals surface area contributed by atoms with Gasteiger partial charge in [-0.05, 0) is 31.8 Å². The van der Waals surface area contributed by atoms with Crippen molar-refractivity contribution in [2.45, 2.75) is 38.8 Å². The fourth-order valence-corrected chi connectivity index (χ4v) is 2.68. The van der Waals surface area contributed by atoms with E-state index >= 15 is 0 Å². The van der Waals surface area contributed by atoms with Gasteiger partial charge in [0.1, 0.15) is 11.3 Å². The first kappa shape index (κ1) is 15.3. The standard InChI is InChI=1S/C18H22N2O/c1-4-20-18(3,13-19)12-14(2)21-17-11-7-9-15-8-5-6-10-16(15)17/h5-11,14,20H,4,12H2,1-3H3. The molecule has 0 aliphatic heterocycles. The van der Waals surface area contributed by atoms with Gasteiger partial charge in [0, 0.05) is 11.8 Å². The molecule has 3 heteroatoms. The fraction of sp³-hybridized carbons (Fsp3) is 0.389. The van der Waals surface area contributed by atoms with Crippen molar-refractivity contribution in [2.24, 2.45) is 0 Å². The van der Waals surface area contributed by atoms with Crippen LogP contribution in [0, 0.1) is 11.3 Å². The van der Waals surface area contributed by atoms with Gasteiger partial charge in [0.15, 0.2) is 0 Å². The minimum atomic E-state index is -0.557. The van der Waals surface area contributed by atoms with Crippen molar-refractivity contribution in [3.8, 4) is 11.8 Å². The summed E-state index contributed by atoms with van der Waals surface area (Å²) in [7, 11) is 0. The van der Waals surface area contributed by atoms with Crippen LogP contribution in [0.2, 0.25) is 0 Å². The van der Waals surface area contributed by atoms with Crippen molar-refractivity contribution < 1.29 is 4.74 Å². The Morgan fingerprint density at radius 2 is 1.95 bits per heavy atom. The number of ether oxygens (including phenoxy) is 1. The Morgan fingerprint density at radius 1 is 1.24 bits per heavy atom. The Bertz CT molecular complexity index is 642. The third kappa shape index (κ3) is 3.74. The Kier molecular flexibility index (Phi) is 4.82. The minimum absolute atomic E-state index is 0.0421. The van der Waals surface area contributed by atoms with Crippen molar-refractivity contribution in [3.63, 3.8) is 0 Å². The molecule has 0 aliphatic rings. The number of benzene rings is 2. The zero-order valence-electron chi connectivity index (χ0n) is 12.9. The van der Waals surface area contributed by atoms with Crippen LogP contribution in [0.15, 0.2) is 42.5 Å². The molecule has 0 heterocycles. The summed E-state index contributed by atoms with van der Waals surface area (Å²) in [4.78, 5) is 0. The molecule has 0 aliphatic carbocycles. The zero-order valence-corrected chi connectivity index (χ0v) is 12.9. The molecule has 110 valence electrons. The van der Waals surface area contributed by atoms with E-state index in [1.54, 1.807) is 0 Å². The van der Waals surface area contributed by atoms with Gasteiger partial charge in [-0.2, -0.15) is 5.26 Å². The maximum Gasteiger partial charge on any atom is 0.127 e. The molecule has 0 saturated carbocycles. The second-order valence-corrected chi connectivity index (χ2v) is 5.58. The van der Waals surface area contributed by atoms with E-state index in [1.807, 2.05) is 45.0 Å². The van der Waals surface area contributed by atoms with Crippen molar-refractivity contribution in [1.29, 1.82) is 5.26 Å². The number of hydrogen-bond acceptors (Lipinski definition) is 3. The summed E-state index contributed by atoms with van der Waals surface area (Å²) >= 11 is 0. The van der Waals surface area contributed by atoms with Crippen LogP contribution in [-0.4, -0.2) is 18.2 Å². The van der Waals surface area contributed by atoms with Gasteiger partial charge < -0.3 is 4.74 Å². The first-order chi connectivity index (χ1) is 10.1. The van der Waals surface area contributed by atoms with Gasteiger partial charge in [0.2, 0.25) is 0 Å². The third-order valence-electron chi connectivity index (χ3n) is 3.59. The minimum Gasteiger partial charge on any atom is -0.490 e. The lowest BCUT2D eigenvalue weighted by atomic mass is 9.96. The number of rotatable bonds is 6. The topological polar surface area (TPSA) is 45.0 Å². The van der Waals surface area contributed by atoms with Crippen LogP contribution in [-0.2, 0) is 0 Å². The highest BCUT2D eigenvalue weighted by Crippen LogP contribution is 2.27. The Hall–Kier alpha value is -2.05. The molecule has 2 rings (SSSR count). The molecule has 2 atom stereocenters. The number of nitrogens with one attached hydrogen (secondary N) is 1. The molecule has 2 aromatic rings. The maximum atomic E-state index is 9.34. The second-order valence-electron chi connectivity index (χ2n) is 5.58. The van der Waals surface area contributed by atoms with Crippen molar-refractivity contribution in [2.75, 3.05) is 6.54 Å². The zero-order chi connectivity index (χ0) is 15.3. The van der Waals surface area contributed by atoms with Crippen molar-refractivity contribution >= 4 is 10.8 Å². The molecular weight excluding hydrogens is 260 g/mol. The van der Waals surface area contributed by atoms with Crippen LogP contribution >= 0.6 is 0 Å². The summed E-state index contributed by atoms with van der Waals surface area (Å²) in [5.74, 6) is 0.873. The largest absolute Gasteiger partial charge is 0.490 e. The average molecular weight is 282 g/mol. The fourth-order valence-electron chi connectivity index (χ4n) is 2.68. The molecule has 1 N–H and O–H groups in total. The Morgan fingerprint density at radius 3 is 2.67 bits per heavy atom. The lowest BCUT2D eigenvalue weighted by Gasteiger charge is -2.26. The van der Waals surface area contributed by atoms with E-state index in [4.69, 9.17) is 4.74 Å². The van der Waals surface area contributed by atoms with E-state index in [2.05, 4.69) is 29.6 Å². The summed E-state index contributed by atoms with van der Waals surface area (Å²) < 4.78 is 6.08. The van der Waals surface area contributed by atoms with Crippen LogP contribution in [0.25, 0.3) is 10.8 Å². The highest BCUT2D eigenvalue weighted by atomic mass is 16.5. The monoisotopic (exact) mass is 282 g/mol. The first-order valence-corrected chi connectivity index (χ1v) is 7.38. The van der Waals surface area contributed by atoms with Gasteiger partial charge in [-0.3, -0.25) is 5.32 Å². The molecular formula is C18H22N2O. The average Bonchev–Trinajstić information content (AvgIpc) is 2.48. The van der Waals surface area contributed by atoms with Crippen LogP contribution in [0.4, 0.5) is 0 Å². The Labute approximate surface area is 126 Å². The molecule has 21 heavy (non-hydrogen) atoms. The van der Waals surface area contributed by atoms with Crippen molar-refractivity contribution in [1.82, 2.24) is 5.32 Å². The molecule has 0 radical (unpaired) electrons. The van der Waals surface area contributed by atoms with E-state index in [0.717, 1.165) is 23.1 Å². The molecule has 0 saturated heterocycles. The lowest BCUT2D eigenvalue weighted by Crippen LogP contribution is -2.44. The maximum absolute atomic E-state index is 9.34. The SMILES string of the molecule is CCNC(C)(C#N)CC(C)Oc1cccc2ccccc12. The second kappa shape index (κ2) is 6.60. The van der Waals surface area contributed by atoms with Gasteiger partial charge in [-0.25, -0.2) is 0 Å². The van der Waals surface area contributed by atoms with Crippen LogP contribution in [0.1, 0.15) is 27.2 Å². The normalized spacial score (nSPS) is 15.1. The molecule has 2 unspecified atom stereocenters. The predicted molar refractivity (Wildman–Crippen MR) is 86.3 cm³/mol. The first-order valence-electron chi connectivity index (χ1n) is 7.38. The van der Waals surface area contributed by atoms with Gasteiger partial charge >= 0.3 is 0 Å². The van der Waals surface area contributed by atoms with E-state index in [1.165, 1.54) is 0 Å². The van der Waals surface area contributed by atoms with E-state index in [9.17, 15) is 5.26 Å². The molecule has 0 aromatic heterocycles. The highest BCUT2D eigenvalue weighted by molar-refractivity contribution is 5.88. The quantitative estimate of drug-likeness (QED) is 0.874. The molecule has 0 spiro atoms. The van der Waals surface area contributed by atoms with Gasteiger partial charge in [0.25, 0.3) is 0 Å². The summed E-state index contributed by atoms with van der Waals surface area (Å²) in [6.45, 7) is 6.70. The molecule has 0 bridgehead atoms. The Balaban J connectivity index is 2.15. The summed E-state index contributed by atoms with van der Waals surface area (Å²) in [6, 6.07) is 16.6. The molecule has 2 aromatic carbocycles.